The second-order valence-corrected chi connectivity index (χ2v) is 5.85. The van der Waals surface area contributed by atoms with Gasteiger partial charge in [-0.05, 0) is 25.5 Å². The number of aliphatic imine (C=N–C) groups is 1. The zero-order valence-corrected chi connectivity index (χ0v) is 15.0. The molecule has 128 valence electrons. The summed E-state index contributed by atoms with van der Waals surface area (Å²) in [6.45, 7) is 8.72. The Bertz CT molecular complexity index is 722. The lowest BCUT2D eigenvalue weighted by Gasteiger charge is -2.19. The largest absolute Gasteiger partial charge is 0.353 e. The van der Waals surface area contributed by atoms with Crippen LogP contribution in [0.4, 0.5) is 0 Å². The number of nitrogens with zero attached hydrogens (tertiary/aromatic N) is 4. The van der Waals surface area contributed by atoms with Gasteiger partial charge in [0.15, 0.2) is 11.8 Å². The van der Waals surface area contributed by atoms with Crippen LogP contribution in [0, 0.1) is 6.92 Å². The molecular weight excluding hydrogens is 324 g/mol. The minimum Gasteiger partial charge on any atom is -0.353 e. The highest BCUT2D eigenvalue weighted by Gasteiger charge is 2.11. The molecular formula is C17H23ClN6. The van der Waals surface area contributed by atoms with Gasteiger partial charge < -0.3 is 15.2 Å². The van der Waals surface area contributed by atoms with Crippen molar-refractivity contribution in [2.75, 3.05) is 6.54 Å². The molecule has 2 N–H and O–H groups in total. The number of guanidine groups is 1. The first-order valence-electron chi connectivity index (χ1n) is 7.78. The van der Waals surface area contributed by atoms with Gasteiger partial charge >= 0.3 is 0 Å². The Morgan fingerprint density at radius 1 is 1.42 bits per heavy atom. The van der Waals surface area contributed by atoms with Crippen LogP contribution in [0.1, 0.15) is 30.2 Å². The molecule has 0 saturated carbocycles. The molecule has 0 radical (unpaired) electrons. The Hall–Kier alpha value is -2.34. The van der Waals surface area contributed by atoms with E-state index in [4.69, 9.17) is 11.6 Å². The fourth-order valence-corrected chi connectivity index (χ4v) is 2.47. The van der Waals surface area contributed by atoms with Crippen molar-refractivity contribution in [1.29, 1.82) is 0 Å². The fraction of sp³-hybridized carbons (Fsp3) is 0.353. The highest BCUT2D eigenvalue weighted by molar-refractivity contribution is 6.31. The molecule has 0 aliphatic rings. The van der Waals surface area contributed by atoms with E-state index in [1.165, 1.54) is 0 Å². The van der Waals surface area contributed by atoms with Gasteiger partial charge in [-0.15, -0.1) is 16.8 Å². The molecule has 1 heterocycles. The molecule has 6 nitrogen and oxygen atoms in total. The predicted molar refractivity (Wildman–Crippen MR) is 98.1 cm³/mol. The van der Waals surface area contributed by atoms with Crippen LogP contribution in [0.15, 0.2) is 41.9 Å². The number of nitrogens with one attached hydrogen (secondary N) is 2. The molecule has 1 unspecified atom stereocenters. The smallest absolute Gasteiger partial charge is 0.192 e. The van der Waals surface area contributed by atoms with Gasteiger partial charge in [-0.25, -0.2) is 4.99 Å². The van der Waals surface area contributed by atoms with E-state index in [0.29, 0.717) is 19.0 Å². The van der Waals surface area contributed by atoms with Crippen LogP contribution in [0.5, 0.6) is 0 Å². The van der Waals surface area contributed by atoms with Gasteiger partial charge in [0.05, 0.1) is 6.04 Å². The highest BCUT2D eigenvalue weighted by atomic mass is 35.5. The van der Waals surface area contributed by atoms with Crippen molar-refractivity contribution in [1.82, 2.24) is 25.4 Å². The van der Waals surface area contributed by atoms with Gasteiger partial charge in [0.2, 0.25) is 0 Å². The minimum absolute atomic E-state index is 0.0102. The molecule has 24 heavy (non-hydrogen) atoms. The van der Waals surface area contributed by atoms with Crippen LogP contribution in [0.3, 0.4) is 0 Å². The fourth-order valence-electron chi connectivity index (χ4n) is 2.17. The molecule has 0 aliphatic heterocycles. The summed E-state index contributed by atoms with van der Waals surface area (Å²) in [6.07, 6.45) is 1.78. The first-order valence-corrected chi connectivity index (χ1v) is 8.15. The number of hydrogen-bond donors (Lipinski definition) is 2. The number of aryl methyl sites for hydroxylation is 1. The Balaban J connectivity index is 2.12. The highest BCUT2D eigenvalue weighted by Crippen LogP contribution is 2.21. The summed E-state index contributed by atoms with van der Waals surface area (Å²) in [5.41, 5.74) is 1.02. The molecule has 1 atom stereocenters. The first-order chi connectivity index (χ1) is 11.5. The van der Waals surface area contributed by atoms with Crippen molar-refractivity contribution in [2.45, 2.75) is 26.4 Å². The van der Waals surface area contributed by atoms with Crippen molar-refractivity contribution >= 4 is 17.6 Å². The molecule has 1 aromatic heterocycles. The summed E-state index contributed by atoms with van der Waals surface area (Å²) in [6, 6.07) is 7.77. The third-order valence-corrected chi connectivity index (χ3v) is 4.04. The number of hydrogen-bond acceptors (Lipinski definition) is 3. The van der Waals surface area contributed by atoms with E-state index in [9.17, 15) is 0 Å². The van der Waals surface area contributed by atoms with Crippen LogP contribution >= 0.6 is 11.6 Å². The van der Waals surface area contributed by atoms with Crippen LogP contribution in [0.25, 0.3) is 0 Å². The third kappa shape index (κ3) is 4.58. The molecule has 0 amide bonds. The third-order valence-electron chi connectivity index (χ3n) is 3.70. The summed E-state index contributed by atoms with van der Waals surface area (Å²) >= 11 is 6.27. The summed E-state index contributed by atoms with van der Waals surface area (Å²) in [5.74, 6) is 2.33. The second-order valence-electron chi connectivity index (χ2n) is 5.44. The first kappa shape index (κ1) is 18.0. The molecule has 0 spiro atoms. The van der Waals surface area contributed by atoms with E-state index in [2.05, 4.69) is 32.4 Å². The van der Waals surface area contributed by atoms with Crippen LogP contribution < -0.4 is 10.6 Å². The topological polar surface area (TPSA) is 67.1 Å². The number of aromatic nitrogens is 3. The lowest BCUT2D eigenvalue weighted by molar-refractivity contribution is 0.685. The van der Waals surface area contributed by atoms with Crippen molar-refractivity contribution in [3.63, 3.8) is 0 Å². The number of halogens is 1. The molecule has 0 fully saturated rings. The normalized spacial score (nSPS) is 12.8. The maximum Gasteiger partial charge on any atom is 0.192 e. The van der Waals surface area contributed by atoms with Crippen molar-refractivity contribution in [3.8, 4) is 0 Å². The van der Waals surface area contributed by atoms with Crippen molar-refractivity contribution in [2.24, 2.45) is 12.0 Å². The van der Waals surface area contributed by atoms with Gasteiger partial charge in [0.1, 0.15) is 12.4 Å². The lowest BCUT2D eigenvalue weighted by Crippen LogP contribution is -2.39. The number of rotatable bonds is 6. The maximum atomic E-state index is 6.27. The zero-order chi connectivity index (χ0) is 17.5. The van der Waals surface area contributed by atoms with Gasteiger partial charge in [0, 0.05) is 18.6 Å². The van der Waals surface area contributed by atoms with E-state index >= 15 is 0 Å². The molecule has 0 bridgehead atoms. The average Bonchev–Trinajstić information content (AvgIpc) is 2.89. The van der Waals surface area contributed by atoms with Crippen LogP contribution in [0.2, 0.25) is 5.02 Å². The van der Waals surface area contributed by atoms with Gasteiger partial charge in [-0.1, -0.05) is 35.9 Å². The average molecular weight is 347 g/mol. The second kappa shape index (κ2) is 8.49. The quantitative estimate of drug-likeness (QED) is 0.479. The Morgan fingerprint density at radius 2 is 2.17 bits per heavy atom. The number of benzene rings is 1. The maximum absolute atomic E-state index is 6.27. The van der Waals surface area contributed by atoms with Crippen LogP contribution in [-0.2, 0) is 13.6 Å². The molecule has 1 aromatic carbocycles. The Morgan fingerprint density at radius 3 is 2.79 bits per heavy atom. The summed E-state index contributed by atoms with van der Waals surface area (Å²) in [5, 5.41) is 15.5. The summed E-state index contributed by atoms with van der Waals surface area (Å²) in [7, 11) is 1.93. The molecule has 2 aromatic rings. The van der Waals surface area contributed by atoms with Gasteiger partial charge in [-0.3, -0.25) is 0 Å². The summed E-state index contributed by atoms with van der Waals surface area (Å²) in [4.78, 5) is 4.58. The van der Waals surface area contributed by atoms with Crippen molar-refractivity contribution in [3.05, 3.63) is 59.2 Å². The lowest BCUT2D eigenvalue weighted by atomic mass is 10.1. The van der Waals surface area contributed by atoms with E-state index in [1.807, 2.05) is 49.7 Å². The molecule has 0 aliphatic carbocycles. The monoisotopic (exact) mass is 346 g/mol. The van der Waals surface area contributed by atoms with E-state index in [-0.39, 0.29) is 6.04 Å². The molecule has 0 saturated heterocycles. The predicted octanol–water partition coefficient (Wildman–Crippen LogP) is 2.76. The summed E-state index contributed by atoms with van der Waals surface area (Å²) < 4.78 is 1.92. The van der Waals surface area contributed by atoms with Gasteiger partial charge in [0.25, 0.3) is 0 Å². The van der Waals surface area contributed by atoms with Gasteiger partial charge in [-0.2, -0.15) is 0 Å². The van der Waals surface area contributed by atoms with Crippen LogP contribution in [-0.4, -0.2) is 27.3 Å². The Kier molecular flexibility index (Phi) is 6.37. The molecule has 2 rings (SSSR count). The van der Waals surface area contributed by atoms with E-state index in [0.717, 1.165) is 22.2 Å². The minimum atomic E-state index is 0.0102. The van der Waals surface area contributed by atoms with E-state index in [1.54, 1.807) is 6.08 Å². The standard InChI is InChI=1S/C17H23ClN6/c1-5-10-19-17(20-11-16-23-22-13(3)24(16)4)21-12(2)14-8-6-7-9-15(14)18/h5-9,12H,1,10-11H2,2-4H3,(H2,19,20,21). The van der Waals surface area contributed by atoms with Crippen molar-refractivity contribution < 1.29 is 0 Å². The Labute approximate surface area is 147 Å². The SMILES string of the molecule is C=CCNC(=NCc1nnc(C)n1C)NC(C)c1ccccc1Cl. The van der Waals surface area contributed by atoms with E-state index < -0.39 is 0 Å². The zero-order valence-electron chi connectivity index (χ0n) is 14.3. The molecule has 7 heteroatoms.